The molecule has 0 radical (unpaired) electrons. The molecule has 0 aliphatic carbocycles. The van der Waals surface area contributed by atoms with Crippen molar-refractivity contribution in [2.24, 2.45) is 5.16 Å². The zero-order chi connectivity index (χ0) is 18.7. The van der Waals surface area contributed by atoms with Gasteiger partial charge >= 0.3 is 0 Å². The van der Waals surface area contributed by atoms with Crippen molar-refractivity contribution in [1.82, 2.24) is 0 Å². The van der Waals surface area contributed by atoms with Crippen molar-refractivity contribution in [2.75, 3.05) is 5.32 Å². The van der Waals surface area contributed by atoms with Crippen LogP contribution in [-0.4, -0.2) is 17.7 Å². The molecule has 6 heteroatoms. The van der Waals surface area contributed by atoms with E-state index in [4.69, 9.17) is 16.4 Å². The monoisotopic (exact) mass is 374 g/mol. The highest BCUT2D eigenvalue weighted by Gasteiger charge is 2.30. The number of halogens is 2. The van der Waals surface area contributed by atoms with Crippen LogP contribution in [0.5, 0.6) is 0 Å². The summed E-state index contributed by atoms with van der Waals surface area (Å²) in [5, 5.41) is 7.54. The molecule has 4 nitrogen and oxygen atoms in total. The van der Waals surface area contributed by atoms with Crippen LogP contribution < -0.4 is 5.32 Å². The lowest BCUT2D eigenvalue weighted by atomic mass is 10.0. The molecule has 2 aromatic carbocycles. The molecule has 2 aromatic rings. The lowest BCUT2D eigenvalue weighted by molar-refractivity contribution is -0.125. The molecule has 0 spiro atoms. The van der Waals surface area contributed by atoms with Gasteiger partial charge in [0.25, 0.3) is 5.91 Å². The second-order valence-electron chi connectivity index (χ2n) is 6.10. The summed E-state index contributed by atoms with van der Waals surface area (Å²) < 4.78 is 13.4. The number of rotatable bonds is 5. The number of hydrogen-bond acceptors (Lipinski definition) is 3. The third kappa shape index (κ3) is 3.73. The Morgan fingerprint density at radius 2 is 2.12 bits per heavy atom. The number of nitrogens with one attached hydrogen (secondary N) is 1. The van der Waals surface area contributed by atoms with E-state index in [9.17, 15) is 9.18 Å². The second-order valence-corrected chi connectivity index (χ2v) is 6.51. The average Bonchev–Trinajstić information content (AvgIpc) is 3.12. The first kappa shape index (κ1) is 18.4. The van der Waals surface area contributed by atoms with Gasteiger partial charge in [0.2, 0.25) is 6.10 Å². The Morgan fingerprint density at radius 1 is 1.31 bits per heavy atom. The SMILES string of the molecule is CCc1ccc(Cl)c(CC)c1NC(=O)C1CC(c2cccc(F)c2)=NO1. The zero-order valence-corrected chi connectivity index (χ0v) is 15.4. The van der Waals surface area contributed by atoms with E-state index in [2.05, 4.69) is 10.5 Å². The molecule has 136 valence electrons. The van der Waals surface area contributed by atoms with Crippen LogP contribution in [0.15, 0.2) is 41.6 Å². The highest BCUT2D eigenvalue weighted by molar-refractivity contribution is 6.32. The number of oxime groups is 1. The molecule has 1 aliphatic rings. The van der Waals surface area contributed by atoms with Gasteiger partial charge < -0.3 is 10.2 Å². The molecule has 26 heavy (non-hydrogen) atoms. The van der Waals surface area contributed by atoms with Crippen LogP contribution in [0.2, 0.25) is 5.02 Å². The fraction of sp³-hybridized carbons (Fsp3) is 0.300. The van der Waals surface area contributed by atoms with Gasteiger partial charge in [-0.3, -0.25) is 4.79 Å². The Labute approximate surface area is 157 Å². The number of carbonyl (C=O) groups excluding carboxylic acids is 1. The molecule has 1 unspecified atom stereocenters. The summed E-state index contributed by atoms with van der Waals surface area (Å²) in [6, 6.07) is 9.86. The Bertz CT molecular complexity index is 867. The van der Waals surface area contributed by atoms with Crippen molar-refractivity contribution < 1.29 is 14.0 Å². The zero-order valence-electron chi connectivity index (χ0n) is 14.7. The highest BCUT2D eigenvalue weighted by Crippen LogP contribution is 2.30. The van der Waals surface area contributed by atoms with Crippen molar-refractivity contribution in [3.05, 3.63) is 63.9 Å². The van der Waals surface area contributed by atoms with Gasteiger partial charge in [-0.25, -0.2) is 4.39 Å². The Hall–Kier alpha value is -2.40. The third-order valence-electron chi connectivity index (χ3n) is 4.44. The molecule has 0 saturated heterocycles. The lowest BCUT2D eigenvalue weighted by Crippen LogP contribution is -2.29. The molecule has 1 heterocycles. The first-order valence-electron chi connectivity index (χ1n) is 8.63. The van der Waals surface area contributed by atoms with Gasteiger partial charge in [-0.15, -0.1) is 0 Å². The van der Waals surface area contributed by atoms with Crippen molar-refractivity contribution in [3.8, 4) is 0 Å². The summed E-state index contributed by atoms with van der Waals surface area (Å²) in [5.74, 6) is -0.635. The molecule has 3 rings (SSSR count). The van der Waals surface area contributed by atoms with Gasteiger partial charge in [0, 0.05) is 22.7 Å². The average molecular weight is 375 g/mol. The fourth-order valence-electron chi connectivity index (χ4n) is 3.03. The van der Waals surface area contributed by atoms with Crippen LogP contribution in [0.4, 0.5) is 10.1 Å². The molecule has 0 fully saturated rings. The number of benzene rings is 2. The van der Waals surface area contributed by atoms with E-state index < -0.39 is 6.10 Å². The van der Waals surface area contributed by atoms with Crippen LogP contribution in [0.3, 0.4) is 0 Å². The molecular formula is C20H20ClFN2O2. The number of amides is 1. The predicted molar refractivity (Wildman–Crippen MR) is 101 cm³/mol. The maximum absolute atomic E-state index is 13.4. The van der Waals surface area contributed by atoms with E-state index >= 15 is 0 Å². The normalized spacial score (nSPS) is 16.2. The van der Waals surface area contributed by atoms with Gasteiger partial charge in [0.15, 0.2) is 0 Å². The maximum Gasteiger partial charge on any atom is 0.268 e. The second kappa shape index (κ2) is 7.87. The fourth-order valence-corrected chi connectivity index (χ4v) is 3.32. The number of carbonyl (C=O) groups is 1. The highest BCUT2D eigenvalue weighted by atomic mass is 35.5. The molecule has 0 aromatic heterocycles. The molecule has 1 aliphatic heterocycles. The van der Waals surface area contributed by atoms with E-state index in [0.717, 1.165) is 23.2 Å². The van der Waals surface area contributed by atoms with Crippen LogP contribution in [-0.2, 0) is 22.5 Å². The smallest absolute Gasteiger partial charge is 0.268 e. The summed E-state index contributed by atoms with van der Waals surface area (Å²) in [5.41, 5.74) is 3.84. The van der Waals surface area contributed by atoms with E-state index in [1.54, 1.807) is 12.1 Å². The van der Waals surface area contributed by atoms with E-state index in [-0.39, 0.29) is 11.7 Å². The molecule has 1 N–H and O–H groups in total. The summed E-state index contributed by atoms with van der Waals surface area (Å²) in [7, 11) is 0. The molecule has 1 atom stereocenters. The lowest BCUT2D eigenvalue weighted by Gasteiger charge is -2.17. The molecule has 0 saturated carbocycles. The van der Waals surface area contributed by atoms with E-state index in [0.29, 0.717) is 29.1 Å². The van der Waals surface area contributed by atoms with Gasteiger partial charge in [0.1, 0.15) is 5.82 Å². The van der Waals surface area contributed by atoms with Gasteiger partial charge in [-0.1, -0.05) is 48.8 Å². The van der Waals surface area contributed by atoms with E-state index in [1.807, 2.05) is 26.0 Å². The Kier molecular flexibility index (Phi) is 5.57. The summed E-state index contributed by atoms with van der Waals surface area (Å²) in [4.78, 5) is 18.0. The van der Waals surface area contributed by atoms with Crippen molar-refractivity contribution in [2.45, 2.75) is 39.2 Å². The predicted octanol–water partition coefficient (Wildman–Crippen LogP) is 4.74. The summed E-state index contributed by atoms with van der Waals surface area (Å²) >= 11 is 6.28. The first-order chi connectivity index (χ1) is 12.5. The quantitative estimate of drug-likeness (QED) is 0.822. The van der Waals surface area contributed by atoms with Gasteiger partial charge in [0.05, 0.1) is 5.71 Å². The van der Waals surface area contributed by atoms with Crippen LogP contribution in [0.25, 0.3) is 0 Å². The maximum atomic E-state index is 13.4. The van der Waals surface area contributed by atoms with Crippen molar-refractivity contribution in [3.63, 3.8) is 0 Å². The number of aryl methyl sites for hydroxylation is 1. The minimum absolute atomic E-state index is 0.285. The number of anilines is 1. The van der Waals surface area contributed by atoms with Crippen LogP contribution in [0, 0.1) is 5.82 Å². The topological polar surface area (TPSA) is 50.7 Å². The number of nitrogens with zero attached hydrogens (tertiary/aromatic N) is 1. The Balaban J connectivity index is 1.76. The van der Waals surface area contributed by atoms with Crippen LogP contribution in [0.1, 0.15) is 37.0 Å². The van der Waals surface area contributed by atoms with E-state index in [1.165, 1.54) is 12.1 Å². The summed E-state index contributed by atoms with van der Waals surface area (Å²) in [6.45, 7) is 4.02. The molecule has 1 amide bonds. The first-order valence-corrected chi connectivity index (χ1v) is 9.01. The molecular weight excluding hydrogens is 355 g/mol. The minimum atomic E-state index is -0.748. The minimum Gasteiger partial charge on any atom is -0.382 e. The summed E-state index contributed by atoms with van der Waals surface area (Å²) in [6.07, 6.45) is 1.02. The van der Waals surface area contributed by atoms with Gasteiger partial charge in [-0.05, 0) is 42.2 Å². The Morgan fingerprint density at radius 3 is 2.81 bits per heavy atom. The van der Waals surface area contributed by atoms with Gasteiger partial charge in [-0.2, -0.15) is 0 Å². The van der Waals surface area contributed by atoms with Crippen LogP contribution >= 0.6 is 11.6 Å². The number of hydrogen-bond donors (Lipinski definition) is 1. The van der Waals surface area contributed by atoms with Crippen molar-refractivity contribution >= 4 is 28.9 Å². The largest absolute Gasteiger partial charge is 0.382 e. The van der Waals surface area contributed by atoms with Crippen molar-refractivity contribution in [1.29, 1.82) is 0 Å². The third-order valence-corrected chi connectivity index (χ3v) is 4.80. The standard InChI is InChI=1S/C20H20ClFN2O2/c1-3-12-8-9-16(21)15(4-2)19(12)23-20(25)18-11-17(24-26-18)13-6-5-7-14(22)10-13/h5-10,18H,3-4,11H2,1-2H3,(H,23,25). The molecule has 0 bridgehead atoms.